The van der Waals surface area contributed by atoms with Crippen LogP contribution in [0.1, 0.15) is 10.4 Å². The first-order valence-electron chi connectivity index (χ1n) is 5.65. The molecule has 0 aliphatic rings. The lowest BCUT2D eigenvalue weighted by atomic mass is 10.1. The monoisotopic (exact) mass is 253 g/mol. The average Bonchev–Trinajstić information content (AvgIpc) is 2.34. The highest BCUT2D eigenvalue weighted by Gasteiger charge is 2.09. The molecule has 0 spiro atoms. The van der Waals surface area contributed by atoms with Crippen LogP contribution in [0.4, 0.5) is 11.4 Å². The number of hydrogen-bond acceptors (Lipinski definition) is 5. The van der Waals surface area contributed by atoms with Gasteiger partial charge in [-0.15, -0.1) is 0 Å². The van der Waals surface area contributed by atoms with Gasteiger partial charge in [0.1, 0.15) is 0 Å². The number of carbonyl (C=O) groups excluding carboxylic acids is 1. The number of aliphatic hydroxyl groups is 1. The molecule has 6 nitrogen and oxygen atoms in total. The van der Waals surface area contributed by atoms with Crippen LogP contribution in [-0.4, -0.2) is 44.4 Å². The molecule has 1 rings (SSSR count). The molecule has 18 heavy (non-hydrogen) atoms. The van der Waals surface area contributed by atoms with Crippen molar-refractivity contribution in [1.82, 2.24) is 0 Å². The second-order valence-electron chi connectivity index (χ2n) is 3.89. The van der Waals surface area contributed by atoms with E-state index < -0.39 is 5.91 Å². The van der Waals surface area contributed by atoms with E-state index in [2.05, 4.69) is 0 Å². The molecule has 0 aliphatic carbocycles. The second-order valence-corrected chi connectivity index (χ2v) is 3.89. The molecule has 6 heteroatoms. The lowest BCUT2D eigenvalue weighted by molar-refractivity contribution is 0.0971. The summed E-state index contributed by atoms with van der Waals surface area (Å²) in [5.74, 6) is -0.542. The third-order valence-corrected chi connectivity index (χ3v) is 2.55. The predicted molar refractivity (Wildman–Crippen MR) is 70.5 cm³/mol. The molecule has 1 amide bonds. The lowest BCUT2D eigenvalue weighted by Gasteiger charge is -2.20. The number of benzene rings is 1. The van der Waals surface area contributed by atoms with Crippen LogP contribution >= 0.6 is 0 Å². The van der Waals surface area contributed by atoms with Gasteiger partial charge in [-0.05, 0) is 18.2 Å². The molecule has 1 aromatic rings. The third kappa shape index (κ3) is 3.90. The number of aliphatic hydroxyl groups excluding tert-OH is 1. The molecule has 0 bridgehead atoms. The van der Waals surface area contributed by atoms with Gasteiger partial charge in [-0.1, -0.05) is 0 Å². The number of nitrogens with two attached hydrogens (primary N) is 2. The number of carbonyl (C=O) groups is 1. The number of nitrogen functional groups attached to an aromatic ring is 1. The first-order chi connectivity index (χ1) is 8.56. The van der Waals surface area contributed by atoms with Crippen molar-refractivity contribution in [3.05, 3.63) is 23.8 Å². The molecule has 0 heterocycles. The van der Waals surface area contributed by atoms with Crippen LogP contribution in [0.3, 0.4) is 0 Å². The highest BCUT2D eigenvalue weighted by atomic mass is 16.5. The highest BCUT2D eigenvalue weighted by Crippen LogP contribution is 2.19. The maximum Gasteiger partial charge on any atom is 0.250 e. The van der Waals surface area contributed by atoms with Crippen LogP contribution in [0.25, 0.3) is 0 Å². The molecule has 0 saturated carbocycles. The van der Waals surface area contributed by atoms with E-state index in [4.69, 9.17) is 21.3 Å². The molecular weight excluding hydrogens is 234 g/mol. The summed E-state index contributed by atoms with van der Waals surface area (Å²) >= 11 is 0. The summed E-state index contributed by atoms with van der Waals surface area (Å²) in [4.78, 5) is 13.1. The zero-order chi connectivity index (χ0) is 13.5. The summed E-state index contributed by atoms with van der Waals surface area (Å²) in [5, 5.41) is 8.57. The molecule has 5 N–H and O–H groups in total. The largest absolute Gasteiger partial charge is 0.398 e. The second kappa shape index (κ2) is 6.83. The van der Waals surface area contributed by atoms with E-state index in [0.717, 1.165) is 5.69 Å². The maximum absolute atomic E-state index is 11.2. The Hall–Kier alpha value is -1.79. The van der Waals surface area contributed by atoms with E-state index in [1.807, 2.05) is 18.0 Å². The summed E-state index contributed by atoms with van der Waals surface area (Å²) in [5.41, 5.74) is 12.4. The van der Waals surface area contributed by atoms with Crippen molar-refractivity contribution in [2.24, 2.45) is 5.73 Å². The Bertz CT molecular complexity index is 410. The Balaban J connectivity index is 2.65. The number of anilines is 2. The van der Waals surface area contributed by atoms with Crippen molar-refractivity contribution in [2.75, 3.05) is 44.0 Å². The van der Waals surface area contributed by atoms with Crippen molar-refractivity contribution >= 4 is 17.3 Å². The number of nitrogens with zero attached hydrogens (tertiary/aromatic N) is 1. The summed E-state index contributed by atoms with van der Waals surface area (Å²) in [6.07, 6.45) is 0. The lowest BCUT2D eigenvalue weighted by Crippen LogP contribution is -2.24. The molecule has 0 aliphatic heterocycles. The Kier molecular flexibility index (Phi) is 5.41. The average molecular weight is 253 g/mol. The Labute approximate surface area is 106 Å². The van der Waals surface area contributed by atoms with Crippen LogP contribution in [0, 0.1) is 0 Å². The van der Waals surface area contributed by atoms with Crippen LogP contribution in [0.5, 0.6) is 0 Å². The zero-order valence-corrected chi connectivity index (χ0v) is 10.4. The van der Waals surface area contributed by atoms with E-state index in [1.165, 1.54) is 0 Å². The smallest absolute Gasteiger partial charge is 0.250 e. The molecule has 1 aromatic carbocycles. The summed E-state index contributed by atoms with van der Waals surface area (Å²) in [7, 11) is 1.87. The van der Waals surface area contributed by atoms with Crippen molar-refractivity contribution in [2.45, 2.75) is 0 Å². The van der Waals surface area contributed by atoms with Crippen molar-refractivity contribution in [1.29, 1.82) is 0 Å². The van der Waals surface area contributed by atoms with Gasteiger partial charge in [0.25, 0.3) is 5.91 Å². The first kappa shape index (κ1) is 14.3. The van der Waals surface area contributed by atoms with E-state index in [1.54, 1.807) is 12.1 Å². The number of ether oxygens (including phenoxy) is 1. The minimum atomic E-state index is -0.542. The van der Waals surface area contributed by atoms with Gasteiger partial charge < -0.3 is 26.2 Å². The first-order valence-corrected chi connectivity index (χ1v) is 5.65. The topological polar surface area (TPSA) is 102 Å². The molecular formula is C12H19N3O3. The van der Waals surface area contributed by atoms with E-state index in [-0.39, 0.29) is 6.61 Å². The molecule has 0 atom stereocenters. The number of amides is 1. The molecule has 0 aromatic heterocycles. The van der Waals surface area contributed by atoms with E-state index in [9.17, 15) is 4.79 Å². The maximum atomic E-state index is 11.2. The summed E-state index contributed by atoms with van der Waals surface area (Å²) < 4.78 is 5.17. The number of primary amides is 1. The van der Waals surface area contributed by atoms with Gasteiger partial charge >= 0.3 is 0 Å². The van der Waals surface area contributed by atoms with Gasteiger partial charge in [0.05, 0.1) is 25.4 Å². The van der Waals surface area contributed by atoms with E-state index in [0.29, 0.717) is 31.0 Å². The zero-order valence-electron chi connectivity index (χ0n) is 10.4. The summed E-state index contributed by atoms with van der Waals surface area (Å²) in [6.45, 7) is 1.47. The van der Waals surface area contributed by atoms with Gasteiger partial charge in [0.15, 0.2) is 0 Å². The van der Waals surface area contributed by atoms with Crippen molar-refractivity contribution in [3.8, 4) is 0 Å². The van der Waals surface area contributed by atoms with Gasteiger partial charge in [0.2, 0.25) is 0 Å². The molecule has 0 unspecified atom stereocenters. The molecule has 100 valence electrons. The Morgan fingerprint density at radius 2 is 2.17 bits per heavy atom. The quantitative estimate of drug-likeness (QED) is 0.462. The van der Waals surface area contributed by atoms with Gasteiger partial charge in [-0.25, -0.2) is 0 Å². The van der Waals surface area contributed by atoms with Crippen LogP contribution in [0.15, 0.2) is 18.2 Å². The number of likely N-dealkylation sites (N-methyl/N-ethyl adjacent to an activating group) is 1. The third-order valence-electron chi connectivity index (χ3n) is 2.55. The fourth-order valence-electron chi connectivity index (χ4n) is 1.49. The minimum Gasteiger partial charge on any atom is -0.398 e. The van der Waals surface area contributed by atoms with E-state index >= 15 is 0 Å². The Morgan fingerprint density at radius 1 is 1.44 bits per heavy atom. The fraction of sp³-hybridized carbons (Fsp3) is 0.417. The normalized spacial score (nSPS) is 10.3. The van der Waals surface area contributed by atoms with Gasteiger partial charge in [-0.2, -0.15) is 0 Å². The van der Waals surface area contributed by atoms with Crippen LogP contribution in [-0.2, 0) is 4.74 Å². The SMILES string of the molecule is CN(CCOCCO)c1ccc(N)c(C(N)=O)c1. The number of rotatable bonds is 7. The van der Waals surface area contributed by atoms with Crippen molar-refractivity contribution < 1.29 is 14.6 Å². The summed E-state index contributed by atoms with van der Waals surface area (Å²) in [6, 6.07) is 5.12. The standard InChI is InChI=1S/C12H19N3O3/c1-15(4-6-18-7-5-16)9-2-3-11(13)10(8-9)12(14)17/h2-3,8,16H,4-7,13H2,1H3,(H2,14,17). The molecule has 0 radical (unpaired) electrons. The van der Waals surface area contributed by atoms with Crippen LogP contribution < -0.4 is 16.4 Å². The van der Waals surface area contributed by atoms with Crippen LogP contribution in [0.2, 0.25) is 0 Å². The van der Waals surface area contributed by atoms with Gasteiger partial charge in [-0.3, -0.25) is 4.79 Å². The predicted octanol–water partition coefficient (Wildman–Crippen LogP) is -0.187. The highest BCUT2D eigenvalue weighted by molar-refractivity contribution is 5.99. The number of hydrogen-bond donors (Lipinski definition) is 3. The molecule has 0 fully saturated rings. The molecule has 0 saturated heterocycles. The van der Waals surface area contributed by atoms with Gasteiger partial charge in [0, 0.05) is 25.0 Å². The minimum absolute atomic E-state index is 0.0113. The van der Waals surface area contributed by atoms with Crippen molar-refractivity contribution in [3.63, 3.8) is 0 Å². The fourth-order valence-corrected chi connectivity index (χ4v) is 1.49. The Morgan fingerprint density at radius 3 is 2.78 bits per heavy atom.